The van der Waals surface area contributed by atoms with E-state index in [0.717, 1.165) is 77.0 Å². The summed E-state index contributed by atoms with van der Waals surface area (Å²) in [7, 11) is -0.0439. The molecule has 0 radical (unpaired) electrons. The maximum Gasteiger partial charge on any atom is 0.254 e. The molecule has 0 spiro atoms. The molecule has 11 nitrogen and oxygen atoms in total. The van der Waals surface area contributed by atoms with Crippen LogP contribution in [0.2, 0.25) is 0 Å². The van der Waals surface area contributed by atoms with Crippen LogP contribution in [0.4, 0.5) is 5.69 Å². The molecule has 3 N–H and O–H groups in total. The van der Waals surface area contributed by atoms with Crippen LogP contribution in [0.15, 0.2) is 66.6 Å². The van der Waals surface area contributed by atoms with Crippen LogP contribution >= 0.6 is 0 Å². The van der Waals surface area contributed by atoms with Crippen LogP contribution in [0.25, 0.3) is 44.8 Å². The van der Waals surface area contributed by atoms with Crippen molar-refractivity contribution in [2.45, 2.75) is 44.3 Å². The molecule has 1 amide bonds. The average molecular weight is 652 g/mol. The Morgan fingerprint density at radius 3 is 2.64 bits per heavy atom. The lowest BCUT2D eigenvalue weighted by Crippen LogP contribution is -2.41. The number of aryl methyl sites for hydroxylation is 1. The van der Waals surface area contributed by atoms with Gasteiger partial charge in [0.2, 0.25) is 0 Å². The van der Waals surface area contributed by atoms with Gasteiger partial charge in [0.05, 0.1) is 24.0 Å². The summed E-state index contributed by atoms with van der Waals surface area (Å²) >= 11 is 0. The number of benzene rings is 2. The molecule has 1 aliphatic heterocycles. The fourth-order valence-corrected chi connectivity index (χ4v) is 7.97. The van der Waals surface area contributed by atoms with Gasteiger partial charge in [-0.05, 0) is 80.0 Å². The zero-order valence-electron chi connectivity index (χ0n) is 26.4. The molecule has 2 bridgehead atoms. The first-order valence-electron chi connectivity index (χ1n) is 16.0. The molecule has 242 valence electrons. The zero-order valence-corrected chi connectivity index (χ0v) is 27.2. The third-order valence-electron chi connectivity index (χ3n) is 10.1. The van der Waals surface area contributed by atoms with Gasteiger partial charge in [-0.25, -0.2) is 18.4 Å². The number of nitrogens with zero attached hydrogens (tertiary/aromatic N) is 5. The monoisotopic (exact) mass is 651 g/mol. The number of aromatic nitrogens is 4. The Morgan fingerprint density at radius 2 is 1.94 bits per heavy atom. The smallest absolute Gasteiger partial charge is 0.254 e. The van der Waals surface area contributed by atoms with Gasteiger partial charge in [-0.1, -0.05) is 18.7 Å². The SMILES string of the molecule is C=CS(=O)(=O)Nc1cccc(-c2ccc3cc(-c4nc5cc(C(=O)N6CC7CCC6C7N)cc(OC)c5n4C)n(CC4CC4)c3n2)c1. The molecular weight excluding hydrogens is 614 g/mol. The van der Waals surface area contributed by atoms with Crippen molar-refractivity contribution in [2.75, 3.05) is 18.4 Å². The molecule has 47 heavy (non-hydrogen) atoms. The first-order chi connectivity index (χ1) is 22.6. The summed E-state index contributed by atoms with van der Waals surface area (Å²) in [6.45, 7) is 4.88. The van der Waals surface area contributed by atoms with Crippen LogP contribution < -0.4 is 15.2 Å². The van der Waals surface area contributed by atoms with Crippen LogP contribution in [-0.4, -0.2) is 64.1 Å². The average Bonchev–Trinajstić information content (AvgIpc) is 3.47. The number of fused-ring (bicyclic) bond motifs is 4. The van der Waals surface area contributed by atoms with Crippen LogP contribution in [0, 0.1) is 11.8 Å². The topological polar surface area (TPSA) is 137 Å². The van der Waals surface area contributed by atoms with Gasteiger partial charge in [0.15, 0.2) is 5.82 Å². The number of nitrogens with two attached hydrogens (primary N) is 1. The van der Waals surface area contributed by atoms with Crippen LogP contribution in [0.3, 0.4) is 0 Å². The molecule has 3 atom stereocenters. The van der Waals surface area contributed by atoms with E-state index in [1.54, 1.807) is 25.3 Å². The number of likely N-dealkylation sites (tertiary alicyclic amines) is 1. The van der Waals surface area contributed by atoms with Crippen molar-refractivity contribution in [1.82, 2.24) is 24.0 Å². The highest BCUT2D eigenvalue weighted by Crippen LogP contribution is 2.40. The normalized spacial score (nSPS) is 20.7. The molecule has 3 aliphatic rings. The number of amides is 1. The van der Waals surface area contributed by atoms with E-state index >= 15 is 0 Å². The first kappa shape index (κ1) is 29.7. The molecule has 8 rings (SSSR count). The maximum atomic E-state index is 13.7. The summed E-state index contributed by atoms with van der Waals surface area (Å²) in [6, 6.07) is 17.1. The summed E-state index contributed by atoms with van der Waals surface area (Å²) in [5, 5.41) is 1.86. The number of ether oxygens (including phenoxy) is 1. The van der Waals surface area contributed by atoms with Gasteiger partial charge in [-0.15, -0.1) is 0 Å². The number of hydrogen-bond donors (Lipinski definition) is 2. The molecule has 2 saturated carbocycles. The molecule has 3 unspecified atom stereocenters. The summed E-state index contributed by atoms with van der Waals surface area (Å²) in [6.07, 6.45) is 4.35. The van der Waals surface area contributed by atoms with Gasteiger partial charge in [0, 0.05) is 59.8 Å². The highest BCUT2D eigenvalue weighted by atomic mass is 32.2. The zero-order chi connectivity index (χ0) is 32.6. The number of piperidine rings is 1. The number of carbonyl (C=O) groups excluding carboxylic acids is 1. The van der Waals surface area contributed by atoms with Gasteiger partial charge in [-0.2, -0.15) is 0 Å². The second-order valence-corrected chi connectivity index (χ2v) is 14.7. The molecule has 4 heterocycles. The molecule has 2 aromatic carbocycles. The quantitative estimate of drug-likeness (QED) is 0.226. The number of hydrogen-bond acceptors (Lipinski definition) is 7. The van der Waals surface area contributed by atoms with E-state index in [1.165, 1.54) is 0 Å². The van der Waals surface area contributed by atoms with Crippen LogP contribution in [0.1, 0.15) is 36.0 Å². The maximum absolute atomic E-state index is 13.7. The van der Waals surface area contributed by atoms with Gasteiger partial charge >= 0.3 is 0 Å². The third kappa shape index (κ3) is 5.06. The van der Waals surface area contributed by atoms with Gasteiger partial charge in [-0.3, -0.25) is 9.52 Å². The summed E-state index contributed by atoms with van der Waals surface area (Å²) in [4.78, 5) is 25.9. The van der Waals surface area contributed by atoms with E-state index in [2.05, 4.69) is 21.9 Å². The number of imidazole rings is 1. The highest BCUT2D eigenvalue weighted by molar-refractivity contribution is 7.95. The number of nitrogens with one attached hydrogen (secondary N) is 1. The predicted molar refractivity (Wildman–Crippen MR) is 182 cm³/mol. The Morgan fingerprint density at radius 1 is 1.11 bits per heavy atom. The number of pyridine rings is 1. The number of anilines is 1. The van der Waals surface area contributed by atoms with Gasteiger partial charge in [0.1, 0.15) is 16.9 Å². The molecule has 5 aromatic rings. The van der Waals surface area contributed by atoms with E-state index in [1.807, 2.05) is 46.8 Å². The summed E-state index contributed by atoms with van der Waals surface area (Å²) in [5.41, 5.74) is 12.2. The van der Waals surface area contributed by atoms with Gasteiger partial charge < -0.3 is 24.5 Å². The van der Waals surface area contributed by atoms with E-state index < -0.39 is 10.0 Å². The first-order valence-corrected chi connectivity index (χ1v) is 17.6. The number of rotatable bonds is 9. The minimum Gasteiger partial charge on any atom is -0.494 e. The second kappa shape index (κ2) is 11.0. The lowest BCUT2D eigenvalue weighted by molar-refractivity contribution is 0.0700. The summed E-state index contributed by atoms with van der Waals surface area (Å²) in [5.74, 6) is 2.25. The number of carbonyl (C=O) groups is 1. The summed E-state index contributed by atoms with van der Waals surface area (Å²) < 4.78 is 36.8. The molecule has 3 fully saturated rings. The largest absolute Gasteiger partial charge is 0.494 e. The van der Waals surface area contributed by atoms with Crippen molar-refractivity contribution in [1.29, 1.82) is 0 Å². The van der Waals surface area contributed by atoms with Gasteiger partial charge in [0.25, 0.3) is 15.9 Å². The predicted octanol–water partition coefficient (Wildman–Crippen LogP) is 5.12. The second-order valence-electron chi connectivity index (χ2n) is 13.1. The Labute approximate surface area is 273 Å². The van der Waals surface area contributed by atoms with E-state index in [-0.39, 0.29) is 18.0 Å². The third-order valence-corrected chi connectivity index (χ3v) is 11.0. The molecule has 2 aliphatic carbocycles. The van der Waals surface area contributed by atoms with Crippen molar-refractivity contribution < 1.29 is 17.9 Å². The minimum atomic E-state index is -3.64. The van der Waals surface area contributed by atoms with E-state index in [0.29, 0.717) is 40.9 Å². The number of methoxy groups -OCH3 is 1. The number of sulfonamides is 1. The Bertz CT molecular complexity index is 2200. The van der Waals surface area contributed by atoms with Crippen LogP contribution in [0.5, 0.6) is 5.75 Å². The molecular formula is C35H37N7O4S. The molecule has 12 heteroatoms. The Hall–Kier alpha value is -4.68. The van der Waals surface area contributed by atoms with Crippen LogP contribution in [-0.2, 0) is 23.6 Å². The fourth-order valence-electron chi connectivity index (χ4n) is 7.43. The standard InChI is InChI=1S/C35H37N7O4S/c1-4-47(44,45)39-25-7-5-6-21(14-25)26-12-10-22-16-29(41(33(22)37-26)18-20-8-9-20)34-38-27-15-24(17-30(46-3)32(27)40(34)2)35(43)42-19-23-11-13-28(42)31(23)36/h4-7,10,12,14-17,20,23,28,31,39H,1,8-9,11,13,18-19,36H2,2-3H3. The highest BCUT2D eigenvalue weighted by Gasteiger charge is 2.47. The lowest BCUT2D eigenvalue weighted by Gasteiger charge is -2.27. The van der Waals surface area contributed by atoms with Crippen molar-refractivity contribution in [3.05, 3.63) is 72.1 Å². The molecule has 3 aromatic heterocycles. The lowest BCUT2D eigenvalue weighted by atomic mass is 10.1. The van der Waals surface area contributed by atoms with E-state index in [9.17, 15) is 13.2 Å². The van der Waals surface area contributed by atoms with E-state index in [4.69, 9.17) is 20.4 Å². The Kier molecular flexibility index (Phi) is 6.92. The van der Waals surface area contributed by atoms with Crippen molar-refractivity contribution >= 4 is 43.7 Å². The Balaban J connectivity index is 1.21. The van der Waals surface area contributed by atoms with Crippen molar-refractivity contribution in [3.63, 3.8) is 0 Å². The van der Waals surface area contributed by atoms with Crippen molar-refractivity contribution in [3.8, 4) is 28.5 Å². The fraction of sp³-hybridized carbons (Fsp3) is 0.343. The minimum absolute atomic E-state index is 0.0269. The van der Waals surface area contributed by atoms with Crippen molar-refractivity contribution in [2.24, 2.45) is 24.6 Å². The molecule has 1 saturated heterocycles.